The van der Waals surface area contributed by atoms with Crippen LogP contribution >= 0.6 is 0 Å². The molecule has 1 aliphatic heterocycles. The lowest BCUT2D eigenvalue weighted by molar-refractivity contribution is 0.278. The fraction of sp³-hybridized carbons (Fsp3) is 0.389. The number of aryl methyl sites for hydroxylation is 1. The highest BCUT2D eigenvalue weighted by atomic mass is 15.3. The molecule has 0 radical (unpaired) electrons. The summed E-state index contributed by atoms with van der Waals surface area (Å²) in [5.74, 6) is 1.52. The van der Waals surface area contributed by atoms with Crippen LogP contribution in [0.25, 0.3) is 5.78 Å². The van der Waals surface area contributed by atoms with Gasteiger partial charge in [0, 0.05) is 44.3 Å². The van der Waals surface area contributed by atoms with E-state index in [1.165, 1.54) is 11.3 Å². The lowest BCUT2D eigenvalue weighted by Gasteiger charge is -2.25. The maximum atomic E-state index is 4.52. The van der Waals surface area contributed by atoms with E-state index in [2.05, 4.69) is 56.1 Å². The van der Waals surface area contributed by atoms with Crippen LogP contribution in [0.1, 0.15) is 17.8 Å². The van der Waals surface area contributed by atoms with Crippen molar-refractivity contribution in [1.82, 2.24) is 24.5 Å². The zero-order valence-electron chi connectivity index (χ0n) is 14.0. The number of benzene rings is 1. The number of anilines is 1. The standard InChI is InChI=1S/C18H22N6/c1-15-6-2-3-7-16(15)23-10-5-9-22(12-13-23)14-17-20-18-19-8-4-11-24(18)21-17/h2-4,6-8,11H,5,9-10,12-14H2,1H3. The van der Waals surface area contributed by atoms with E-state index in [9.17, 15) is 0 Å². The van der Waals surface area contributed by atoms with Gasteiger partial charge in [0.05, 0.1) is 6.54 Å². The topological polar surface area (TPSA) is 49.6 Å². The zero-order valence-corrected chi connectivity index (χ0v) is 14.0. The number of hydrogen-bond donors (Lipinski definition) is 0. The number of nitrogens with zero attached hydrogens (tertiary/aromatic N) is 6. The summed E-state index contributed by atoms with van der Waals surface area (Å²) < 4.78 is 1.74. The molecule has 0 unspecified atom stereocenters. The Morgan fingerprint density at radius 1 is 1.04 bits per heavy atom. The first kappa shape index (κ1) is 15.1. The predicted molar refractivity (Wildman–Crippen MR) is 94.1 cm³/mol. The van der Waals surface area contributed by atoms with Gasteiger partial charge in [-0.1, -0.05) is 18.2 Å². The summed E-state index contributed by atoms with van der Waals surface area (Å²) in [7, 11) is 0. The van der Waals surface area contributed by atoms with Crippen molar-refractivity contribution >= 4 is 11.5 Å². The number of rotatable bonds is 3. The lowest BCUT2D eigenvalue weighted by Crippen LogP contribution is -2.31. The van der Waals surface area contributed by atoms with Crippen molar-refractivity contribution in [3.63, 3.8) is 0 Å². The van der Waals surface area contributed by atoms with Crippen molar-refractivity contribution < 1.29 is 0 Å². The highest BCUT2D eigenvalue weighted by Crippen LogP contribution is 2.21. The third-order valence-corrected chi connectivity index (χ3v) is 4.57. The van der Waals surface area contributed by atoms with Gasteiger partial charge in [-0.15, -0.1) is 5.10 Å². The second kappa shape index (κ2) is 6.57. The van der Waals surface area contributed by atoms with Gasteiger partial charge >= 0.3 is 0 Å². The molecule has 0 atom stereocenters. The molecule has 0 N–H and O–H groups in total. The van der Waals surface area contributed by atoms with Gasteiger partial charge in [0.25, 0.3) is 5.78 Å². The van der Waals surface area contributed by atoms with E-state index in [-0.39, 0.29) is 0 Å². The third kappa shape index (κ3) is 3.10. The normalized spacial score (nSPS) is 16.5. The Morgan fingerprint density at radius 3 is 2.83 bits per heavy atom. The third-order valence-electron chi connectivity index (χ3n) is 4.57. The Hall–Kier alpha value is -2.47. The first-order valence-electron chi connectivity index (χ1n) is 8.49. The fourth-order valence-corrected chi connectivity index (χ4v) is 3.33. The molecule has 1 saturated heterocycles. The summed E-state index contributed by atoms with van der Waals surface area (Å²) >= 11 is 0. The number of hydrogen-bond acceptors (Lipinski definition) is 5. The first-order valence-corrected chi connectivity index (χ1v) is 8.49. The highest BCUT2D eigenvalue weighted by Gasteiger charge is 2.18. The second-order valence-corrected chi connectivity index (χ2v) is 6.30. The summed E-state index contributed by atoms with van der Waals surface area (Å²) in [5, 5.41) is 4.52. The van der Waals surface area contributed by atoms with Crippen LogP contribution in [-0.2, 0) is 6.54 Å². The molecule has 0 spiro atoms. The molecule has 3 heterocycles. The number of aromatic nitrogens is 4. The zero-order chi connectivity index (χ0) is 16.4. The first-order chi connectivity index (χ1) is 11.8. The molecule has 124 valence electrons. The van der Waals surface area contributed by atoms with E-state index >= 15 is 0 Å². The molecule has 1 aliphatic rings. The molecule has 6 nitrogen and oxygen atoms in total. The smallest absolute Gasteiger partial charge is 0.252 e. The molecule has 1 fully saturated rings. The lowest BCUT2D eigenvalue weighted by atomic mass is 10.2. The van der Waals surface area contributed by atoms with Crippen LogP contribution in [0.15, 0.2) is 42.7 Å². The SMILES string of the molecule is Cc1ccccc1N1CCCN(Cc2nc3ncccn3n2)CC1. The summed E-state index contributed by atoms with van der Waals surface area (Å²) in [6.07, 6.45) is 4.79. The van der Waals surface area contributed by atoms with E-state index < -0.39 is 0 Å². The van der Waals surface area contributed by atoms with Gasteiger partial charge in [-0.2, -0.15) is 4.98 Å². The van der Waals surface area contributed by atoms with Gasteiger partial charge < -0.3 is 4.90 Å². The molecule has 1 aromatic carbocycles. The summed E-state index contributed by atoms with van der Waals surface area (Å²) in [6.45, 7) is 7.21. The molecule has 0 aliphatic carbocycles. The van der Waals surface area contributed by atoms with Crippen LogP contribution in [0.4, 0.5) is 5.69 Å². The molecular formula is C18H22N6. The van der Waals surface area contributed by atoms with Crippen LogP contribution in [0.3, 0.4) is 0 Å². The maximum Gasteiger partial charge on any atom is 0.252 e. The quantitative estimate of drug-likeness (QED) is 0.739. The van der Waals surface area contributed by atoms with Crippen LogP contribution in [0.5, 0.6) is 0 Å². The van der Waals surface area contributed by atoms with E-state index in [1.54, 1.807) is 10.7 Å². The van der Waals surface area contributed by atoms with E-state index in [1.807, 2.05) is 12.3 Å². The van der Waals surface area contributed by atoms with Crippen LogP contribution in [-0.4, -0.2) is 50.7 Å². The molecular weight excluding hydrogens is 300 g/mol. The van der Waals surface area contributed by atoms with Gasteiger partial charge in [0.1, 0.15) is 0 Å². The van der Waals surface area contributed by atoms with Gasteiger partial charge in [-0.3, -0.25) is 4.90 Å². The Bertz CT molecular complexity index is 794. The van der Waals surface area contributed by atoms with Crippen molar-refractivity contribution in [2.45, 2.75) is 19.9 Å². The van der Waals surface area contributed by atoms with Crippen LogP contribution in [0.2, 0.25) is 0 Å². The summed E-state index contributed by atoms with van der Waals surface area (Å²) in [5.41, 5.74) is 2.70. The van der Waals surface area contributed by atoms with Crippen LogP contribution in [0, 0.1) is 6.92 Å². The average Bonchev–Trinajstić information content (AvgIpc) is 2.86. The predicted octanol–water partition coefficient (Wildman–Crippen LogP) is 2.15. The van der Waals surface area contributed by atoms with Crippen LogP contribution < -0.4 is 4.90 Å². The van der Waals surface area contributed by atoms with Gasteiger partial charge in [0.15, 0.2) is 5.82 Å². The molecule has 6 heteroatoms. The van der Waals surface area contributed by atoms with Gasteiger partial charge in [-0.25, -0.2) is 9.50 Å². The Balaban J connectivity index is 1.44. The molecule has 0 bridgehead atoms. The van der Waals surface area contributed by atoms with Crippen molar-refractivity contribution in [2.75, 3.05) is 31.1 Å². The molecule has 24 heavy (non-hydrogen) atoms. The second-order valence-electron chi connectivity index (χ2n) is 6.30. The molecule has 4 rings (SSSR count). The minimum atomic E-state index is 0.670. The van der Waals surface area contributed by atoms with Gasteiger partial charge in [-0.05, 0) is 31.0 Å². The van der Waals surface area contributed by atoms with Crippen molar-refractivity contribution in [3.8, 4) is 0 Å². The Morgan fingerprint density at radius 2 is 1.96 bits per heavy atom. The molecule has 0 amide bonds. The molecule has 2 aromatic heterocycles. The van der Waals surface area contributed by atoms with Crippen molar-refractivity contribution in [2.24, 2.45) is 0 Å². The minimum absolute atomic E-state index is 0.670. The Labute approximate surface area is 141 Å². The largest absolute Gasteiger partial charge is 0.370 e. The van der Waals surface area contributed by atoms with E-state index in [4.69, 9.17) is 0 Å². The maximum absolute atomic E-state index is 4.52. The minimum Gasteiger partial charge on any atom is -0.370 e. The monoisotopic (exact) mass is 322 g/mol. The van der Waals surface area contributed by atoms with Gasteiger partial charge in [0.2, 0.25) is 0 Å². The number of fused-ring (bicyclic) bond motifs is 1. The Kier molecular flexibility index (Phi) is 4.13. The highest BCUT2D eigenvalue weighted by molar-refractivity contribution is 5.53. The molecule has 0 saturated carbocycles. The average molecular weight is 322 g/mol. The summed E-state index contributed by atoms with van der Waals surface area (Å²) in [4.78, 5) is 13.7. The van der Waals surface area contributed by atoms with E-state index in [0.717, 1.165) is 45.0 Å². The molecule has 3 aromatic rings. The van der Waals surface area contributed by atoms with Crippen molar-refractivity contribution in [3.05, 3.63) is 54.1 Å². The van der Waals surface area contributed by atoms with Crippen molar-refractivity contribution in [1.29, 1.82) is 0 Å². The fourth-order valence-electron chi connectivity index (χ4n) is 3.33. The van der Waals surface area contributed by atoms with E-state index in [0.29, 0.717) is 5.78 Å². The number of para-hydroxylation sites is 1. The summed E-state index contributed by atoms with van der Waals surface area (Å²) in [6, 6.07) is 10.5.